The van der Waals surface area contributed by atoms with Gasteiger partial charge < -0.3 is 5.73 Å². The average Bonchev–Trinajstić information content (AvgIpc) is 2.24. The molecule has 2 aliphatic carbocycles. The normalized spacial score (nSPS) is 29.8. The van der Waals surface area contributed by atoms with Gasteiger partial charge in [-0.25, -0.2) is 0 Å². The lowest BCUT2D eigenvalue weighted by Gasteiger charge is -2.30. The quantitative estimate of drug-likeness (QED) is 0.725. The van der Waals surface area contributed by atoms with Gasteiger partial charge in [0.15, 0.2) is 0 Å². The van der Waals surface area contributed by atoms with Crippen LogP contribution in [0.15, 0.2) is 46.1 Å². The summed E-state index contributed by atoms with van der Waals surface area (Å²) in [5.74, 6) is 0.421. The van der Waals surface area contributed by atoms with Crippen LogP contribution in [0.2, 0.25) is 0 Å². The van der Waals surface area contributed by atoms with E-state index in [0.29, 0.717) is 5.92 Å². The number of rotatable bonds is 1. The Labute approximate surface area is 105 Å². The molecule has 2 aliphatic rings. The third-order valence-electron chi connectivity index (χ3n) is 3.99. The van der Waals surface area contributed by atoms with Gasteiger partial charge in [0.05, 0.1) is 0 Å². The van der Waals surface area contributed by atoms with Gasteiger partial charge in [0.1, 0.15) is 0 Å². The summed E-state index contributed by atoms with van der Waals surface area (Å²) in [5, 5.41) is 0. The predicted octanol–water partition coefficient (Wildman–Crippen LogP) is 3.89. The molecule has 0 spiro atoms. The fourth-order valence-corrected chi connectivity index (χ4v) is 2.92. The first-order chi connectivity index (χ1) is 8.00. The molecule has 2 N–H and O–H groups in total. The predicted molar refractivity (Wildman–Crippen MR) is 74.7 cm³/mol. The molecule has 2 unspecified atom stereocenters. The SMILES string of the molecule is CC1=CC(N)C(C)C(C2=C(C)CCC=C2C)=C1. The van der Waals surface area contributed by atoms with E-state index >= 15 is 0 Å². The van der Waals surface area contributed by atoms with Crippen molar-refractivity contribution in [3.8, 4) is 0 Å². The van der Waals surface area contributed by atoms with Crippen LogP contribution in [-0.2, 0) is 0 Å². The minimum atomic E-state index is 0.157. The van der Waals surface area contributed by atoms with E-state index in [0.717, 1.165) is 0 Å². The number of nitrogens with two attached hydrogens (primary N) is 1. The van der Waals surface area contributed by atoms with Crippen LogP contribution in [0.1, 0.15) is 40.5 Å². The summed E-state index contributed by atoms with van der Waals surface area (Å²) in [6.07, 6.45) is 9.22. The molecule has 0 aliphatic heterocycles. The van der Waals surface area contributed by atoms with Crippen molar-refractivity contribution in [2.75, 3.05) is 0 Å². The van der Waals surface area contributed by atoms with Gasteiger partial charge in [0.2, 0.25) is 0 Å². The molecule has 17 heavy (non-hydrogen) atoms. The molecular formula is C16H23N. The van der Waals surface area contributed by atoms with Crippen LogP contribution in [0.25, 0.3) is 0 Å². The Hall–Kier alpha value is -1.08. The third-order valence-corrected chi connectivity index (χ3v) is 3.99. The van der Waals surface area contributed by atoms with Gasteiger partial charge >= 0.3 is 0 Å². The van der Waals surface area contributed by atoms with E-state index < -0.39 is 0 Å². The lowest BCUT2D eigenvalue weighted by Crippen LogP contribution is -2.30. The van der Waals surface area contributed by atoms with Crippen LogP contribution in [0.3, 0.4) is 0 Å². The Kier molecular flexibility index (Phi) is 3.39. The molecule has 0 saturated heterocycles. The molecule has 0 aromatic heterocycles. The smallest absolute Gasteiger partial charge is 0.0296 e. The summed E-state index contributed by atoms with van der Waals surface area (Å²) in [4.78, 5) is 0. The van der Waals surface area contributed by atoms with Gasteiger partial charge in [0, 0.05) is 12.0 Å². The molecule has 92 valence electrons. The van der Waals surface area contributed by atoms with E-state index in [-0.39, 0.29) is 6.04 Å². The molecule has 1 heteroatoms. The Morgan fingerprint density at radius 2 is 1.94 bits per heavy atom. The summed E-state index contributed by atoms with van der Waals surface area (Å²) in [7, 11) is 0. The average molecular weight is 229 g/mol. The highest BCUT2D eigenvalue weighted by Gasteiger charge is 2.24. The first-order valence-electron chi connectivity index (χ1n) is 6.53. The zero-order valence-corrected chi connectivity index (χ0v) is 11.4. The van der Waals surface area contributed by atoms with Crippen molar-refractivity contribution >= 4 is 0 Å². The second-order valence-corrected chi connectivity index (χ2v) is 5.46. The highest BCUT2D eigenvalue weighted by atomic mass is 14.6. The van der Waals surface area contributed by atoms with Crippen LogP contribution in [0.5, 0.6) is 0 Å². The van der Waals surface area contributed by atoms with Crippen molar-refractivity contribution in [3.63, 3.8) is 0 Å². The van der Waals surface area contributed by atoms with Crippen LogP contribution in [-0.4, -0.2) is 6.04 Å². The highest BCUT2D eigenvalue weighted by molar-refractivity contribution is 5.55. The van der Waals surface area contributed by atoms with Crippen LogP contribution >= 0.6 is 0 Å². The molecule has 2 atom stereocenters. The molecule has 0 aromatic rings. The molecule has 0 radical (unpaired) electrons. The van der Waals surface area contributed by atoms with Crippen LogP contribution < -0.4 is 5.73 Å². The zero-order chi connectivity index (χ0) is 12.6. The van der Waals surface area contributed by atoms with Gasteiger partial charge in [-0.15, -0.1) is 0 Å². The first-order valence-corrected chi connectivity index (χ1v) is 6.53. The van der Waals surface area contributed by atoms with Crippen molar-refractivity contribution in [1.29, 1.82) is 0 Å². The van der Waals surface area contributed by atoms with Crippen molar-refractivity contribution in [1.82, 2.24) is 0 Å². The Morgan fingerprint density at radius 1 is 1.24 bits per heavy atom. The minimum absolute atomic E-state index is 0.157. The largest absolute Gasteiger partial charge is 0.324 e. The fourth-order valence-electron chi connectivity index (χ4n) is 2.92. The second kappa shape index (κ2) is 4.66. The standard InChI is InChI=1S/C16H23N/c1-10-8-14(13(4)15(17)9-10)16-11(2)6-5-7-12(16)3/h6,8-9,13,15H,5,7,17H2,1-4H3. The van der Waals surface area contributed by atoms with Crippen LogP contribution in [0, 0.1) is 5.92 Å². The van der Waals surface area contributed by atoms with Gasteiger partial charge in [0.25, 0.3) is 0 Å². The maximum Gasteiger partial charge on any atom is 0.0296 e. The van der Waals surface area contributed by atoms with Gasteiger partial charge in [-0.1, -0.05) is 36.3 Å². The van der Waals surface area contributed by atoms with Crippen molar-refractivity contribution in [3.05, 3.63) is 46.1 Å². The maximum atomic E-state index is 6.20. The van der Waals surface area contributed by atoms with Gasteiger partial charge in [-0.05, 0) is 50.3 Å². The molecule has 0 heterocycles. The molecule has 0 bridgehead atoms. The summed E-state index contributed by atoms with van der Waals surface area (Å²) < 4.78 is 0. The molecule has 2 rings (SSSR count). The van der Waals surface area contributed by atoms with E-state index in [1.54, 1.807) is 0 Å². The summed E-state index contributed by atoms with van der Waals surface area (Å²) in [5.41, 5.74) is 13.3. The zero-order valence-electron chi connectivity index (χ0n) is 11.4. The number of hydrogen-bond donors (Lipinski definition) is 1. The molecule has 0 aromatic carbocycles. The molecule has 1 nitrogen and oxygen atoms in total. The van der Waals surface area contributed by atoms with E-state index in [9.17, 15) is 0 Å². The van der Waals surface area contributed by atoms with Gasteiger partial charge in [-0.2, -0.15) is 0 Å². The Morgan fingerprint density at radius 3 is 2.59 bits per heavy atom. The van der Waals surface area contributed by atoms with Crippen molar-refractivity contribution < 1.29 is 0 Å². The molecule has 0 amide bonds. The minimum Gasteiger partial charge on any atom is -0.324 e. The molecule has 0 saturated carbocycles. The fraction of sp³-hybridized carbons (Fsp3) is 0.500. The van der Waals surface area contributed by atoms with E-state index in [1.807, 2.05) is 0 Å². The highest BCUT2D eigenvalue weighted by Crippen LogP contribution is 2.37. The summed E-state index contributed by atoms with van der Waals surface area (Å²) >= 11 is 0. The maximum absolute atomic E-state index is 6.20. The molecule has 0 fully saturated rings. The summed E-state index contributed by atoms with van der Waals surface area (Å²) in [6, 6.07) is 0.157. The summed E-state index contributed by atoms with van der Waals surface area (Å²) in [6.45, 7) is 8.87. The topological polar surface area (TPSA) is 26.0 Å². The van der Waals surface area contributed by atoms with Crippen molar-refractivity contribution in [2.24, 2.45) is 11.7 Å². The third kappa shape index (κ3) is 2.30. The lowest BCUT2D eigenvalue weighted by molar-refractivity contribution is 0.590. The van der Waals surface area contributed by atoms with E-state index in [2.05, 4.69) is 45.9 Å². The van der Waals surface area contributed by atoms with Gasteiger partial charge in [-0.3, -0.25) is 0 Å². The molecular weight excluding hydrogens is 206 g/mol. The Balaban J connectivity index is 2.46. The lowest BCUT2D eigenvalue weighted by atomic mass is 9.77. The monoisotopic (exact) mass is 229 g/mol. The second-order valence-electron chi connectivity index (χ2n) is 5.46. The number of hydrogen-bond acceptors (Lipinski definition) is 1. The Bertz CT molecular complexity index is 446. The van der Waals surface area contributed by atoms with E-state index in [4.69, 9.17) is 5.73 Å². The number of allylic oxidation sites excluding steroid dienone is 6. The van der Waals surface area contributed by atoms with E-state index in [1.165, 1.54) is 40.7 Å². The van der Waals surface area contributed by atoms with Crippen molar-refractivity contribution in [2.45, 2.75) is 46.6 Å². The van der Waals surface area contributed by atoms with Crippen LogP contribution in [0.4, 0.5) is 0 Å². The first kappa shape index (κ1) is 12.4.